The van der Waals surface area contributed by atoms with E-state index in [0.29, 0.717) is 35.8 Å². The van der Waals surface area contributed by atoms with E-state index in [2.05, 4.69) is 94.2 Å². The van der Waals surface area contributed by atoms with Crippen molar-refractivity contribution < 1.29 is 29.0 Å². The topological polar surface area (TPSA) is 146 Å². The highest BCUT2D eigenvalue weighted by molar-refractivity contribution is 6.24. The molecule has 5 heterocycles. The summed E-state index contributed by atoms with van der Waals surface area (Å²) in [6, 6.07) is 0. The van der Waals surface area contributed by atoms with Gasteiger partial charge in [0.2, 0.25) is 0 Å². The fraction of sp³-hybridized carbons (Fsp3) is 0.655. The second-order valence-corrected chi connectivity index (χ2v) is 21.0. The first-order chi connectivity index (χ1) is 30.9. The number of fused-ring (bicyclic) bond motifs is 7. The molecule has 8 bridgehead atoms. The van der Waals surface area contributed by atoms with E-state index in [4.69, 9.17) is 9.47 Å². The van der Waals surface area contributed by atoms with Crippen LogP contribution in [0.3, 0.4) is 0 Å². The van der Waals surface area contributed by atoms with Gasteiger partial charge in [-0.25, -0.2) is 0 Å². The molecule has 65 heavy (non-hydrogen) atoms. The number of aromatic nitrogens is 2. The van der Waals surface area contributed by atoms with E-state index < -0.39 is 18.0 Å². The summed E-state index contributed by atoms with van der Waals surface area (Å²) in [6.07, 6.45) is 19.6. The Morgan fingerprint density at radius 2 is 1.28 bits per heavy atom. The van der Waals surface area contributed by atoms with Gasteiger partial charge >= 0.3 is 11.9 Å². The van der Waals surface area contributed by atoms with Crippen LogP contribution in [0.25, 0.3) is 23.8 Å². The number of allylic oxidation sites excluding steroid dienone is 4. The van der Waals surface area contributed by atoms with Crippen molar-refractivity contribution in [2.75, 3.05) is 13.7 Å². The molecule has 2 fully saturated rings. The Labute approximate surface area is 390 Å². The van der Waals surface area contributed by atoms with Crippen molar-refractivity contribution in [1.29, 1.82) is 0 Å². The number of nitrogens with one attached hydrogen (secondary N) is 4. The van der Waals surface area contributed by atoms with Crippen molar-refractivity contribution in [1.82, 2.24) is 20.6 Å². The van der Waals surface area contributed by atoms with Crippen LogP contribution < -0.4 is 10.6 Å². The Morgan fingerprint density at radius 1 is 0.723 bits per heavy atom. The summed E-state index contributed by atoms with van der Waals surface area (Å²) in [4.78, 5) is 48.8. The summed E-state index contributed by atoms with van der Waals surface area (Å²) in [5.41, 5.74) is 10.5. The molecule has 6 rings (SSSR count). The van der Waals surface area contributed by atoms with Crippen LogP contribution in [0.15, 0.2) is 22.8 Å². The fourth-order valence-electron chi connectivity index (χ4n) is 11.3. The number of aromatic amines is 2. The molecule has 10 nitrogen and oxygen atoms in total. The minimum Gasteiger partial charge on any atom is -0.468 e. The number of hydrogen-bond donors (Lipinski definition) is 5. The van der Waals surface area contributed by atoms with Gasteiger partial charge in [-0.05, 0) is 93.1 Å². The molecular formula is C55H82N4O6. The number of aliphatic hydroxyl groups excluding tert-OH is 1. The molecule has 10 heteroatoms. The number of ether oxygens (including phenoxy) is 2. The number of ketones is 1. The fourth-order valence-corrected chi connectivity index (χ4v) is 11.3. The molecule has 0 radical (unpaired) electrons. The average molecular weight is 895 g/mol. The van der Waals surface area contributed by atoms with Crippen LogP contribution >= 0.6 is 0 Å². The normalized spacial score (nSPS) is 26.6. The minimum absolute atomic E-state index is 0.112. The standard InChI is InChI=1S/C55H82N4O6/c1-13-39-34(7)41-29-46-48(38(11)60)36(9)43(57-46)27-42-35(8)40(52(58-42)50-51(55(63)64-12)54(62)49-37(10)44(59-53(49)50)28-45(39)56-41)23-24-47(61)65-26-25-33(6)22-16-21-32(5)20-15-19-31(4)18-14-17-30(2)3/h27-35,38-40,51,56-60H,13-26H2,1-12H3/b41-29-,42-27-,45-28-,52-50-/t31-,32+,33?,34+,35-,38+,39+,40-,51+/m0/s1. The maximum absolute atomic E-state index is 14.4. The number of H-pyrrole nitrogens is 2. The number of rotatable bonds is 21. The molecular weight excluding hydrogens is 813 g/mol. The van der Waals surface area contributed by atoms with Gasteiger partial charge in [-0.1, -0.05) is 113 Å². The van der Waals surface area contributed by atoms with Gasteiger partial charge in [0, 0.05) is 86.7 Å². The van der Waals surface area contributed by atoms with Crippen molar-refractivity contribution >= 4 is 41.5 Å². The zero-order chi connectivity index (χ0) is 47.3. The summed E-state index contributed by atoms with van der Waals surface area (Å²) in [7, 11) is 1.32. The van der Waals surface area contributed by atoms with E-state index in [-0.39, 0.29) is 41.8 Å². The summed E-state index contributed by atoms with van der Waals surface area (Å²) in [5, 5.41) is 18.5. The van der Waals surface area contributed by atoms with Gasteiger partial charge in [0.25, 0.3) is 0 Å². The summed E-state index contributed by atoms with van der Waals surface area (Å²) < 4.78 is 11.2. The van der Waals surface area contributed by atoms with Gasteiger partial charge in [-0.2, -0.15) is 0 Å². The van der Waals surface area contributed by atoms with Crippen molar-refractivity contribution in [2.24, 2.45) is 53.3 Å². The van der Waals surface area contributed by atoms with Crippen molar-refractivity contribution in [3.8, 4) is 0 Å². The van der Waals surface area contributed by atoms with Gasteiger partial charge in [0.05, 0.1) is 25.5 Å². The lowest BCUT2D eigenvalue weighted by Crippen LogP contribution is -2.25. The first kappa shape index (κ1) is 50.1. The van der Waals surface area contributed by atoms with Crippen LogP contribution in [0.5, 0.6) is 0 Å². The second kappa shape index (κ2) is 22.0. The predicted molar refractivity (Wildman–Crippen MR) is 263 cm³/mol. The van der Waals surface area contributed by atoms with E-state index in [1.165, 1.54) is 58.5 Å². The molecule has 0 aromatic carbocycles. The van der Waals surface area contributed by atoms with Crippen LogP contribution in [0.2, 0.25) is 0 Å². The third-order valence-corrected chi connectivity index (χ3v) is 15.5. The largest absolute Gasteiger partial charge is 0.468 e. The van der Waals surface area contributed by atoms with Crippen LogP contribution in [0.1, 0.15) is 202 Å². The molecule has 2 aromatic heterocycles. The zero-order valence-corrected chi connectivity index (χ0v) is 41.9. The van der Waals surface area contributed by atoms with E-state index in [1.807, 2.05) is 13.8 Å². The molecule has 1 unspecified atom stereocenters. The van der Waals surface area contributed by atoms with Crippen LogP contribution in [0, 0.1) is 67.1 Å². The summed E-state index contributed by atoms with van der Waals surface area (Å²) in [5.74, 6) is 0.603. The highest BCUT2D eigenvalue weighted by atomic mass is 16.5. The van der Waals surface area contributed by atoms with Gasteiger partial charge in [0.1, 0.15) is 5.92 Å². The van der Waals surface area contributed by atoms with Crippen LogP contribution in [-0.4, -0.2) is 46.5 Å². The number of aliphatic hydroxyl groups is 1. The summed E-state index contributed by atoms with van der Waals surface area (Å²) >= 11 is 0. The third-order valence-electron chi connectivity index (χ3n) is 15.5. The quantitative estimate of drug-likeness (QED) is 0.0615. The third kappa shape index (κ3) is 11.3. The van der Waals surface area contributed by atoms with E-state index >= 15 is 0 Å². The minimum atomic E-state index is -1.15. The number of carbonyl (C=O) groups excluding carboxylic acids is 3. The summed E-state index contributed by atoms with van der Waals surface area (Å²) in [6.45, 7) is 24.4. The Balaban J connectivity index is 1.19. The SMILES string of the molecule is CC[C@H]1/C2=C/c3[nH]c4c(c3C)C(=O)[C@H](C(=O)OC)/C4=C3/N/C(=C\c4[nH]c(c([C@@H](C)O)c4C)/C=C(\N2)[C@@H]1C)[C@@H](C)[C@@H]3CCC(=O)OCCC(C)CCC[C@H](C)CCC[C@@H](C)CCCC(C)C. The maximum atomic E-state index is 14.4. The molecule has 0 saturated carbocycles. The lowest BCUT2D eigenvalue weighted by Gasteiger charge is -2.20. The Hall–Kier alpha value is -4.31. The van der Waals surface area contributed by atoms with Gasteiger partial charge in [0.15, 0.2) is 5.78 Å². The van der Waals surface area contributed by atoms with Gasteiger partial charge < -0.3 is 35.2 Å². The van der Waals surface area contributed by atoms with Gasteiger partial charge in [-0.3, -0.25) is 14.4 Å². The number of Topliss-reactive ketones (excluding diaryl/α,β-unsaturated/α-hetero) is 1. The van der Waals surface area contributed by atoms with Crippen LogP contribution in [-0.2, 0) is 19.1 Å². The lowest BCUT2D eigenvalue weighted by molar-refractivity contribution is -0.144. The van der Waals surface area contributed by atoms with E-state index in [1.54, 1.807) is 6.92 Å². The van der Waals surface area contributed by atoms with Gasteiger partial charge in [-0.15, -0.1) is 0 Å². The van der Waals surface area contributed by atoms with Crippen molar-refractivity contribution in [2.45, 2.75) is 166 Å². The number of hydrogen-bond acceptors (Lipinski definition) is 8. The van der Waals surface area contributed by atoms with E-state index in [9.17, 15) is 19.5 Å². The first-order valence-electron chi connectivity index (χ1n) is 25.3. The molecule has 5 N–H and O–H groups in total. The molecule has 2 aromatic rings. The van der Waals surface area contributed by atoms with Crippen molar-refractivity contribution in [3.05, 3.63) is 67.8 Å². The predicted octanol–water partition coefficient (Wildman–Crippen LogP) is 12.4. The first-order valence-corrected chi connectivity index (χ1v) is 25.3. The molecule has 2 saturated heterocycles. The number of carbonyl (C=O) groups is 3. The molecule has 9 atom stereocenters. The highest BCUT2D eigenvalue weighted by Crippen LogP contribution is 2.49. The lowest BCUT2D eigenvalue weighted by atomic mass is 9.85. The second-order valence-electron chi connectivity index (χ2n) is 21.0. The maximum Gasteiger partial charge on any atom is 0.321 e. The molecule has 4 aliphatic rings. The zero-order valence-electron chi connectivity index (χ0n) is 41.9. The average Bonchev–Trinajstić information content (AvgIpc) is 4.00. The monoisotopic (exact) mass is 895 g/mol. The highest BCUT2D eigenvalue weighted by Gasteiger charge is 2.49. The van der Waals surface area contributed by atoms with E-state index in [0.717, 1.165) is 93.6 Å². The Bertz CT molecular complexity index is 2160. The van der Waals surface area contributed by atoms with Crippen LogP contribution in [0.4, 0.5) is 0 Å². The molecule has 358 valence electrons. The van der Waals surface area contributed by atoms with Crippen molar-refractivity contribution in [3.63, 3.8) is 0 Å². The molecule has 0 spiro atoms. The number of methoxy groups -OCH3 is 1. The smallest absolute Gasteiger partial charge is 0.321 e. The Morgan fingerprint density at radius 3 is 1.88 bits per heavy atom. The number of esters is 2. The Kier molecular flexibility index (Phi) is 17.0. The molecule has 0 amide bonds. The molecule has 1 aliphatic carbocycles. The molecule has 3 aliphatic heterocycles.